The van der Waals surface area contributed by atoms with Gasteiger partial charge in [-0.1, -0.05) is 297 Å². The quantitative estimate of drug-likeness (QED) is 0.0950. The summed E-state index contributed by atoms with van der Waals surface area (Å²) in [5.74, 6) is -0.877. The third-order valence-corrected chi connectivity index (χ3v) is 21.5. The molecule has 13 aromatic carbocycles. The third kappa shape index (κ3) is 7.45. The summed E-state index contributed by atoms with van der Waals surface area (Å²) in [5.41, 5.74) is 10.3. The summed E-state index contributed by atoms with van der Waals surface area (Å²) in [4.78, 5) is 0. The molecule has 0 amide bonds. The maximum absolute atomic E-state index is 9.30. The summed E-state index contributed by atoms with van der Waals surface area (Å²) in [6, 6.07) is 55.0. The Morgan fingerprint density at radius 1 is 0.305 bits per heavy atom. The SMILES string of the molecule is [2H]c1c([2H])c([2H])c(-c2cccc([Si](c3ccccc3)(c3cccc(-c4c([2H])c([2H])c([2H])c([2H])c4[2H])c3)c3cccc4c3C3c5ccccc5C4c4cccc(-n5c6ccccc6c6cc(-c7c(-c8c([2H])c([2H])c([2H])c([2H])c8[2H])cccc7-c7c([2H])c([2H])c([2H])c([2H])c7[2H])ccc65)c43)c2)c([2H])c1[2H]. The van der Waals surface area contributed by atoms with Crippen LogP contribution in [0.4, 0.5) is 0 Å². The van der Waals surface area contributed by atoms with Gasteiger partial charge in [-0.15, -0.1) is 0 Å². The number of hydrogen-bond acceptors (Lipinski definition) is 0. The van der Waals surface area contributed by atoms with Crippen molar-refractivity contribution in [2.75, 3.05) is 0 Å². The highest BCUT2D eigenvalue weighted by molar-refractivity contribution is 7.20. The fourth-order valence-electron chi connectivity index (χ4n) is 13.5. The monoisotopic (exact) mass is 1080 g/mol. The Morgan fingerprint density at radius 3 is 1.40 bits per heavy atom. The van der Waals surface area contributed by atoms with Crippen molar-refractivity contribution in [1.29, 1.82) is 0 Å². The minimum atomic E-state index is -4.06. The van der Waals surface area contributed by atoms with E-state index < -0.39 is 111 Å². The van der Waals surface area contributed by atoms with Gasteiger partial charge in [0.1, 0.15) is 0 Å². The summed E-state index contributed by atoms with van der Waals surface area (Å²) in [6.45, 7) is 0. The lowest BCUT2D eigenvalue weighted by molar-refractivity contribution is 0.752. The Labute approximate surface area is 508 Å². The second-order valence-corrected chi connectivity index (χ2v) is 24.4. The van der Waals surface area contributed by atoms with Gasteiger partial charge in [0.2, 0.25) is 0 Å². The van der Waals surface area contributed by atoms with Crippen LogP contribution in [0.3, 0.4) is 0 Å². The molecule has 0 N–H and O–H groups in total. The molecule has 0 saturated heterocycles. The zero-order valence-electron chi connectivity index (χ0n) is 63.7. The lowest BCUT2D eigenvalue weighted by atomic mass is 9.60. The highest BCUT2D eigenvalue weighted by Gasteiger charge is 2.50. The lowest BCUT2D eigenvalue weighted by Gasteiger charge is -2.47. The van der Waals surface area contributed by atoms with Crippen LogP contribution in [0.5, 0.6) is 0 Å². The highest BCUT2D eigenvalue weighted by atomic mass is 28.3. The summed E-state index contributed by atoms with van der Waals surface area (Å²) >= 11 is 0. The molecule has 0 radical (unpaired) electrons. The molecule has 17 rings (SSSR count). The fourth-order valence-corrected chi connectivity index (χ4v) is 18.6. The Morgan fingerprint density at radius 2 is 0.780 bits per heavy atom. The predicted octanol–water partition coefficient (Wildman–Crippen LogP) is 17.5. The minimum Gasteiger partial charge on any atom is -0.309 e. The summed E-state index contributed by atoms with van der Waals surface area (Å²) in [7, 11) is -4.06. The van der Waals surface area contributed by atoms with Crippen molar-refractivity contribution >= 4 is 50.6 Å². The van der Waals surface area contributed by atoms with E-state index in [0.29, 0.717) is 16.7 Å². The van der Waals surface area contributed by atoms with Crippen molar-refractivity contribution in [3.8, 4) is 61.3 Å². The number of benzene rings is 13. The minimum absolute atomic E-state index is 0.0133. The molecule has 2 bridgehead atoms. The van der Waals surface area contributed by atoms with Crippen LogP contribution in [0.25, 0.3) is 83.1 Å². The molecule has 1 heterocycles. The van der Waals surface area contributed by atoms with Crippen molar-refractivity contribution in [3.63, 3.8) is 0 Å². The van der Waals surface area contributed by atoms with Crippen LogP contribution >= 0.6 is 0 Å². The van der Waals surface area contributed by atoms with E-state index in [2.05, 4.69) is 65.2 Å². The number of fused-ring (bicyclic) bond motifs is 3. The van der Waals surface area contributed by atoms with Crippen molar-refractivity contribution in [3.05, 3.63) is 354 Å². The fraction of sp³-hybridized carbons (Fsp3) is 0.0250. The van der Waals surface area contributed by atoms with Crippen LogP contribution in [0.2, 0.25) is 0 Å². The van der Waals surface area contributed by atoms with Gasteiger partial charge in [0, 0.05) is 22.6 Å². The number of hydrogen-bond donors (Lipinski definition) is 0. The van der Waals surface area contributed by atoms with Crippen molar-refractivity contribution in [1.82, 2.24) is 4.57 Å². The van der Waals surface area contributed by atoms with Crippen molar-refractivity contribution in [2.24, 2.45) is 0 Å². The number of para-hydroxylation sites is 1. The number of nitrogens with zero attached hydrogens (tertiary/aromatic N) is 1. The molecule has 1 nitrogen and oxygen atoms in total. The van der Waals surface area contributed by atoms with Crippen LogP contribution < -0.4 is 20.7 Å². The molecule has 0 spiro atoms. The summed E-state index contributed by atoms with van der Waals surface area (Å²) in [5, 5.41) is 4.89. The van der Waals surface area contributed by atoms with Crippen LogP contribution in [-0.4, -0.2) is 12.6 Å². The molecule has 0 saturated carbocycles. The first-order valence-corrected chi connectivity index (χ1v) is 29.1. The van der Waals surface area contributed by atoms with Crippen LogP contribution in [-0.2, 0) is 0 Å². The number of rotatable bonds is 10. The molecule has 1 aromatic heterocycles. The van der Waals surface area contributed by atoms with Gasteiger partial charge in [-0.3, -0.25) is 0 Å². The molecule has 2 heteroatoms. The lowest BCUT2D eigenvalue weighted by Crippen LogP contribution is -2.75. The van der Waals surface area contributed by atoms with Crippen LogP contribution in [0.1, 0.15) is 72.6 Å². The molecule has 0 fully saturated rings. The highest BCUT2D eigenvalue weighted by Crippen LogP contribution is 2.57. The molecule has 2 unspecified atom stereocenters. The van der Waals surface area contributed by atoms with E-state index in [1.165, 1.54) is 0 Å². The largest absolute Gasteiger partial charge is 0.309 e. The number of aromatic nitrogens is 1. The molecular formula is C80H55NSi. The van der Waals surface area contributed by atoms with Crippen molar-refractivity contribution in [2.45, 2.75) is 11.8 Å². The predicted molar refractivity (Wildman–Crippen MR) is 346 cm³/mol. The Kier molecular flexibility index (Phi) is 7.56. The first-order valence-electron chi connectivity index (χ1n) is 37.1. The first kappa shape index (κ1) is 31.6. The van der Waals surface area contributed by atoms with Gasteiger partial charge < -0.3 is 4.57 Å². The average molecular weight is 1080 g/mol. The summed E-state index contributed by atoms with van der Waals surface area (Å²) < 4.78 is 181. The van der Waals surface area contributed by atoms with Gasteiger partial charge >= 0.3 is 0 Å². The molecule has 14 aromatic rings. The van der Waals surface area contributed by atoms with Crippen LogP contribution in [0, 0.1) is 0 Å². The molecule has 384 valence electrons. The Bertz CT molecular complexity index is 5690. The van der Waals surface area contributed by atoms with E-state index in [1.807, 2.05) is 109 Å². The van der Waals surface area contributed by atoms with Gasteiger partial charge in [0.15, 0.2) is 8.07 Å². The van der Waals surface area contributed by atoms with Crippen molar-refractivity contribution < 1.29 is 27.4 Å². The molecule has 2 atom stereocenters. The van der Waals surface area contributed by atoms with E-state index in [4.69, 9.17) is 16.4 Å². The molecule has 3 aliphatic rings. The molecule has 3 aliphatic carbocycles. The zero-order valence-corrected chi connectivity index (χ0v) is 44.7. The Hall–Kier alpha value is -10.1. The normalized spacial score (nSPS) is 17.5. The third-order valence-electron chi connectivity index (χ3n) is 16.7. The van der Waals surface area contributed by atoms with Crippen LogP contribution in [0.15, 0.2) is 321 Å². The second-order valence-electron chi connectivity index (χ2n) is 20.7. The van der Waals surface area contributed by atoms with E-state index in [9.17, 15) is 11.0 Å². The standard InChI is InChI=1S/C80H55NSi/c1-6-25-54(26-7-1)58-33-20-37-62(51-58)82(61-35-14-5-15-36-61,63-38-21-34-59(52-63)55-27-8-2-9-28-55)75-48-24-45-70-77-67-40-16-17-41-68(67)80(79(70)75)78-69(77)44-23-47-74(78)81-72-46-19-18-39-66(72)71-53-60(49-50-73(71)81)76-64(56-29-10-3-11-30-56)42-22-43-65(76)57-31-12-4-13-32-57/h1-53,77,80H/i1D,2D,3D,4D,6D,7D,8D,9D,10D,11D,12D,13D,25D,26D,27D,28D,29D,30D,31D,32D. The first-order chi connectivity index (χ1) is 49.0. The van der Waals surface area contributed by atoms with Gasteiger partial charge in [0.05, 0.1) is 44.1 Å². The molecule has 82 heavy (non-hydrogen) atoms. The van der Waals surface area contributed by atoms with E-state index in [-0.39, 0.29) is 69.0 Å². The Balaban J connectivity index is 0.986. The second kappa shape index (κ2) is 19.6. The zero-order chi connectivity index (χ0) is 71.5. The molecule has 0 aliphatic heterocycles. The van der Waals surface area contributed by atoms with E-state index in [1.54, 1.807) is 30.3 Å². The van der Waals surface area contributed by atoms with Gasteiger partial charge in [-0.25, -0.2) is 0 Å². The maximum Gasteiger partial charge on any atom is 0.179 e. The van der Waals surface area contributed by atoms with Gasteiger partial charge in [-0.05, 0) is 134 Å². The maximum atomic E-state index is 9.30. The molecular weight excluding hydrogens is 1000 g/mol. The topological polar surface area (TPSA) is 4.93 Å². The van der Waals surface area contributed by atoms with E-state index in [0.717, 1.165) is 81.6 Å². The smallest absolute Gasteiger partial charge is 0.179 e. The van der Waals surface area contributed by atoms with Gasteiger partial charge in [0.25, 0.3) is 0 Å². The average Bonchev–Trinajstić information content (AvgIpc) is 0.816. The van der Waals surface area contributed by atoms with E-state index >= 15 is 0 Å². The summed E-state index contributed by atoms with van der Waals surface area (Å²) in [6.07, 6.45) is 0. The van der Waals surface area contributed by atoms with Gasteiger partial charge in [-0.2, -0.15) is 0 Å².